The molecule has 0 heterocycles. The summed E-state index contributed by atoms with van der Waals surface area (Å²) in [5.74, 6) is 0.619. The standard InChI is InChI=1S/C10H21NO3S/c1-2-10(12)6-7-11-15(13,14)8-9-4-3-5-9/h9-12H,2-8H2,1H3. The highest BCUT2D eigenvalue weighted by Gasteiger charge is 2.24. The van der Waals surface area contributed by atoms with Crippen LogP contribution in [0.3, 0.4) is 0 Å². The van der Waals surface area contributed by atoms with E-state index in [0.717, 1.165) is 19.3 Å². The molecule has 1 aliphatic rings. The van der Waals surface area contributed by atoms with Gasteiger partial charge in [0.1, 0.15) is 0 Å². The van der Waals surface area contributed by atoms with Gasteiger partial charge in [-0.25, -0.2) is 13.1 Å². The van der Waals surface area contributed by atoms with Crippen LogP contribution in [0.2, 0.25) is 0 Å². The van der Waals surface area contributed by atoms with Gasteiger partial charge in [-0.15, -0.1) is 0 Å². The van der Waals surface area contributed by atoms with Gasteiger partial charge in [0.15, 0.2) is 0 Å². The molecular weight excluding hydrogens is 214 g/mol. The largest absolute Gasteiger partial charge is 0.393 e. The summed E-state index contributed by atoms with van der Waals surface area (Å²) in [6.45, 7) is 2.23. The molecule has 5 heteroatoms. The minimum absolute atomic E-state index is 0.259. The van der Waals surface area contributed by atoms with Crippen molar-refractivity contribution in [2.24, 2.45) is 5.92 Å². The predicted octanol–water partition coefficient (Wildman–Crippen LogP) is 0.867. The molecule has 0 bridgehead atoms. The summed E-state index contributed by atoms with van der Waals surface area (Å²) in [6.07, 6.45) is 4.02. The Morgan fingerprint density at radius 2 is 2.13 bits per heavy atom. The Morgan fingerprint density at radius 1 is 1.47 bits per heavy atom. The van der Waals surface area contributed by atoms with Gasteiger partial charge in [0.25, 0.3) is 0 Å². The van der Waals surface area contributed by atoms with Crippen LogP contribution in [0.5, 0.6) is 0 Å². The molecule has 0 aromatic heterocycles. The Bertz CT molecular complexity index is 272. The second kappa shape index (κ2) is 5.82. The van der Waals surface area contributed by atoms with Crippen LogP contribution in [-0.4, -0.2) is 31.9 Å². The zero-order chi connectivity index (χ0) is 11.3. The van der Waals surface area contributed by atoms with Crippen molar-refractivity contribution in [3.8, 4) is 0 Å². The molecule has 0 aromatic rings. The number of hydrogen-bond acceptors (Lipinski definition) is 3. The third-order valence-corrected chi connectivity index (χ3v) is 4.50. The van der Waals surface area contributed by atoms with Gasteiger partial charge in [-0.3, -0.25) is 0 Å². The first-order valence-electron chi connectivity index (χ1n) is 5.69. The van der Waals surface area contributed by atoms with Gasteiger partial charge in [0.05, 0.1) is 11.9 Å². The van der Waals surface area contributed by atoms with Crippen molar-refractivity contribution >= 4 is 10.0 Å². The lowest BCUT2D eigenvalue weighted by Crippen LogP contribution is -2.33. The predicted molar refractivity (Wildman–Crippen MR) is 60.0 cm³/mol. The maximum atomic E-state index is 11.5. The smallest absolute Gasteiger partial charge is 0.211 e. The van der Waals surface area contributed by atoms with E-state index in [4.69, 9.17) is 0 Å². The third-order valence-electron chi connectivity index (χ3n) is 2.95. The van der Waals surface area contributed by atoms with E-state index in [1.54, 1.807) is 0 Å². The van der Waals surface area contributed by atoms with Crippen molar-refractivity contribution in [3.63, 3.8) is 0 Å². The number of aliphatic hydroxyl groups excluding tert-OH is 1. The molecule has 0 spiro atoms. The zero-order valence-electron chi connectivity index (χ0n) is 9.28. The first kappa shape index (κ1) is 12.9. The van der Waals surface area contributed by atoms with Crippen LogP contribution in [0.1, 0.15) is 39.0 Å². The molecule has 1 unspecified atom stereocenters. The first-order valence-corrected chi connectivity index (χ1v) is 7.34. The monoisotopic (exact) mass is 235 g/mol. The lowest BCUT2D eigenvalue weighted by Gasteiger charge is -2.24. The minimum atomic E-state index is -3.11. The Balaban J connectivity index is 2.17. The van der Waals surface area contributed by atoms with E-state index in [1.807, 2.05) is 6.92 Å². The fraction of sp³-hybridized carbons (Fsp3) is 1.00. The summed E-state index contributed by atoms with van der Waals surface area (Å²) in [6, 6.07) is 0. The van der Waals surface area contributed by atoms with Crippen LogP contribution < -0.4 is 4.72 Å². The van der Waals surface area contributed by atoms with Crippen molar-refractivity contribution in [3.05, 3.63) is 0 Å². The number of nitrogens with one attached hydrogen (secondary N) is 1. The number of aliphatic hydroxyl groups is 1. The Kier molecular flexibility index (Phi) is 5.02. The second-order valence-electron chi connectivity index (χ2n) is 4.32. The van der Waals surface area contributed by atoms with E-state index in [1.165, 1.54) is 0 Å². The number of hydrogen-bond donors (Lipinski definition) is 2. The average Bonchev–Trinajstić information content (AvgIpc) is 2.11. The summed E-state index contributed by atoms with van der Waals surface area (Å²) in [5, 5.41) is 9.26. The first-order chi connectivity index (χ1) is 7.03. The van der Waals surface area contributed by atoms with Crippen molar-refractivity contribution in [2.45, 2.75) is 45.1 Å². The quantitative estimate of drug-likeness (QED) is 0.688. The molecule has 15 heavy (non-hydrogen) atoms. The maximum absolute atomic E-state index is 11.5. The van der Waals surface area contributed by atoms with Gasteiger partial charge >= 0.3 is 0 Å². The van der Waals surface area contributed by atoms with E-state index in [9.17, 15) is 13.5 Å². The van der Waals surface area contributed by atoms with Crippen LogP contribution in [0.15, 0.2) is 0 Å². The summed E-state index contributed by atoms with van der Waals surface area (Å²) in [7, 11) is -3.11. The minimum Gasteiger partial charge on any atom is -0.393 e. The molecule has 0 amide bonds. The summed E-state index contributed by atoms with van der Waals surface area (Å²) in [5.41, 5.74) is 0. The average molecular weight is 235 g/mol. The molecule has 2 N–H and O–H groups in total. The second-order valence-corrected chi connectivity index (χ2v) is 6.17. The lowest BCUT2D eigenvalue weighted by atomic mass is 9.87. The summed E-state index contributed by atoms with van der Waals surface area (Å²) in [4.78, 5) is 0. The van der Waals surface area contributed by atoms with E-state index in [-0.39, 0.29) is 5.75 Å². The van der Waals surface area contributed by atoms with Gasteiger partial charge in [-0.05, 0) is 31.6 Å². The lowest BCUT2D eigenvalue weighted by molar-refractivity contribution is 0.162. The van der Waals surface area contributed by atoms with E-state index < -0.39 is 16.1 Å². The van der Waals surface area contributed by atoms with Crippen molar-refractivity contribution in [1.29, 1.82) is 0 Å². The van der Waals surface area contributed by atoms with Crippen LogP contribution in [0.4, 0.5) is 0 Å². The fourth-order valence-corrected chi connectivity index (χ4v) is 3.11. The molecule has 90 valence electrons. The van der Waals surface area contributed by atoms with Gasteiger partial charge in [0.2, 0.25) is 10.0 Å². The summed E-state index contributed by atoms with van der Waals surface area (Å²) < 4.78 is 25.6. The van der Waals surface area contributed by atoms with E-state index in [0.29, 0.717) is 25.3 Å². The van der Waals surface area contributed by atoms with Crippen molar-refractivity contribution in [2.75, 3.05) is 12.3 Å². The molecular formula is C10H21NO3S. The van der Waals surface area contributed by atoms with Gasteiger partial charge in [-0.2, -0.15) is 0 Å². The fourth-order valence-electron chi connectivity index (χ4n) is 1.61. The molecule has 1 aliphatic carbocycles. The molecule has 0 saturated heterocycles. The van der Waals surface area contributed by atoms with E-state index in [2.05, 4.69) is 4.72 Å². The highest BCUT2D eigenvalue weighted by molar-refractivity contribution is 7.89. The van der Waals surface area contributed by atoms with Crippen LogP contribution in [0, 0.1) is 5.92 Å². The van der Waals surface area contributed by atoms with E-state index >= 15 is 0 Å². The third kappa shape index (κ3) is 4.95. The molecule has 1 fully saturated rings. The zero-order valence-corrected chi connectivity index (χ0v) is 10.1. The molecule has 0 radical (unpaired) electrons. The normalized spacial score (nSPS) is 19.9. The maximum Gasteiger partial charge on any atom is 0.211 e. The summed E-state index contributed by atoms with van der Waals surface area (Å²) >= 11 is 0. The highest BCUT2D eigenvalue weighted by Crippen LogP contribution is 2.27. The van der Waals surface area contributed by atoms with Gasteiger partial charge in [0, 0.05) is 6.54 Å². The van der Waals surface area contributed by atoms with Crippen LogP contribution in [0.25, 0.3) is 0 Å². The molecule has 4 nitrogen and oxygen atoms in total. The SMILES string of the molecule is CCC(O)CCNS(=O)(=O)CC1CCC1. The Hall–Kier alpha value is -0.130. The molecule has 0 aliphatic heterocycles. The number of rotatable bonds is 7. The molecule has 1 rings (SSSR count). The van der Waals surface area contributed by atoms with Crippen molar-refractivity contribution in [1.82, 2.24) is 4.72 Å². The molecule has 0 aromatic carbocycles. The molecule has 1 saturated carbocycles. The Morgan fingerprint density at radius 3 is 2.60 bits per heavy atom. The Labute approximate surface area is 92.1 Å². The van der Waals surface area contributed by atoms with Crippen LogP contribution >= 0.6 is 0 Å². The van der Waals surface area contributed by atoms with Gasteiger partial charge in [-0.1, -0.05) is 13.3 Å². The highest BCUT2D eigenvalue weighted by atomic mass is 32.2. The molecule has 1 atom stereocenters. The topological polar surface area (TPSA) is 66.4 Å². The van der Waals surface area contributed by atoms with Crippen LogP contribution in [-0.2, 0) is 10.0 Å². The van der Waals surface area contributed by atoms with Gasteiger partial charge < -0.3 is 5.11 Å². The number of sulfonamides is 1. The van der Waals surface area contributed by atoms with Crippen molar-refractivity contribution < 1.29 is 13.5 Å².